The highest BCUT2D eigenvalue weighted by molar-refractivity contribution is 7.92. The summed E-state index contributed by atoms with van der Waals surface area (Å²) in [6.07, 6.45) is 0. The molecule has 0 spiro atoms. The summed E-state index contributed by atoms with van der Waals surface area (Å²) in [4.78, 5) is 12.3. The van der Waals surface area contributed by atoms with Gasteiger partial charge in [-0.05, 0) is 50.2 Å². The third-order valence-electron chi connectivity index (χ3n) is 3.78. The molecule has 3 aromatic rings. The van der Waals surface area contributed by atoms with Crippen LogP contribution >= 0.6 is 23.2 Å². The van der Waals surface area contributed by atoms with Gasteiger partial charge in [0.25, 0.3) is 10.0 Å². The molecule has 0 fully saturated rings. The summed E-state index contributed by atoms with van der Waals surface area (Å²) in [6.45, 7) is 3.50. The number of carbonyl (C=O) groups is 1. The summed E-state index contributed by atoms with van der Waals surface area (Å²) >= 11 is 12.0. The molecule has 0 amide bonds. The van der Waals surface area contributed by atoms with Crippen LogP contribution in [-0.2, 0) is 14.8 Å². The highest BCUT2D eigenvalue weighted by Gasteiger charge is 2.23. The number of aryl methyl sites for hydroxylation is 1. The summed E-state index contributed by atoms with van der Waals surface area (Å²) in [5.41, 5.74) is 0.682. The minimum Gasteiger partial charge on any atom is -0.462 e. The van der Waals surface area contributed by atoms with E-state index in [0.717, 1.165) is 0 Å². The Morgan fingerprint density at radius 3 is 2.48 bits per heavy atom. The van der Waals surface area contributed by atoms with Gasteiger partial charge in [0, 0.05) is 10.4 Å². The summed E-state index contributed by atoms with van der Waals surface area (Å²) in [6, 6.07) is 8.62. The van der Waals surface area contributed by atoms with Gasteiger partial charge in [0.05, 0.1) is 22.2 Å². The van der Waals surface area contributed by atoms with Crippen molar-refractivity contribution in [2.75, 3.05) is 11.3 Å². The lowest BCUT2D eigenvalue weighted by Crippen LogP contribution is -2.13. The number of halogens is 2. The number of rotatable bonds is 5. The number of ether oxygens (including phenoxy) is 1. The lowest BCUT2D eigenvalue weighted by atomic mass is 10.1. The van der Waals surface area contributed by atoms with E-state index in [1.165, 1.54) is 36.4 Å². The first-order chi connectivity index (χ1) is 12.7. The van der Waals surface area contributed by atoms with Crippen molar-refractivity contribution in [3.63, 3.8) is 0 Å². The zero-order valence-corrected chi connectivity index (χ0v) is 16.7. The first kappa shape index (κ1) is 19.5. The Labute approximate surface area is 166 Å². The molecule has 0 unspecified atom stereocenters. The highest BCUT2D eigenvalue weighted by Crippen LogP contribution is 2.35. The monoisotopic (exact) mass is 427 g/mol. The van der Waals surface area contributed by atoms with E-state index in [1.54, 1.807) is 13.8 Å². The van der Waals surface area contributed by atoms with Gasteiger partial charge in [0.2, 0.25) is 0 Å². The molecule has 2 aromatic carbocycles. The number of sulfonamides is 1. The van der Waals surface area contributed by atoms with Crippen molar-refractivity contribution in [3.05, 3.63) is 57.8 Å². The van der Waals surface area contributed by atoms with E-state index in [1.807, 2.05) is 0 Å². The number of benzene rings is 2. The molecule has 142 valence electrons. The molecule has 0 aliphatic carbocycles. The number of furan rings is 1. The minimum absolute atomic E-state index is 0.0390. The molecular formula is C18H15Cl2NO5S. The molecule has 0 bridgehead atoms. The highest BCUT2D eigenvalue weighted by atomic mass is 35.5. The third-order valence-corrected chi connectivity index (χ3v) is 5.71. The molecule has 0 radical (unpaired) electrons. The lowest BCUT2D eigenvalue weighted by Gasteiger charge is -2.09. The number of hydrogen-bond donors (Lipinski definition) is 1. The van der Waals surface area contributed by atoms with Crippen molar-refractivity contribution in [1.82, 2.24) is 0 Å². The molecule has 1 heterocycles. The first-order valence-corrected chi connectivity index (χ1v) is 10.1. The Hall–Kier alpha value is -2.22. The Morgan fingerprint density at radius 1 is 1.19 bits per heavy atom. The fourth-order valence-corrected chi connectivity index (χ4v) is 4.04. The number of hydrogen-bond acceptors (Lipinski definition) is 5. The van der Waals surface area contributed by atoms with Crippen LogP contribution in [0.3, 0.4) is 0 Å². The van der Waals surface area contributed by atoms with Crippen LogP contribution in [0.2, 0.25) is 10.0 Å². The van der Waals surface area contributed by atoms with Crippen molar-refractivity contribution >= 4 is 55.9 Å². The average Bonchev–Trinajstić information content (AvgIpc) is 2.92. The van der Waals surface area contributed by atoms with Crippen molar-refractivity contribution in [2.45, 2.75) is 18.7 Å². The van der Waals surface area contributed by atoms with Gasteiger partial charge in [-0.2, -0.15) is 0 Å². The SMILES string of the molecule is CCOC(=O)c1c(C)oc2c(Cl)cc(NS(=O)(=O)c3ccc(Cl)cc3)cc12. The van der Waals surface area contributed by atoms with Crippen LogP contribution in [0.15, 0.2) is 45.7 Å². The normalized spacial score (nSPS) is 11.6. The van der Waals surface area contributed by atoms with Crippen LogP contribution in [-0.4, -0.2) is 21.0 Å². The van der Waals surface area contributed by atoms with E-state index >= 15 is 0 Å². The average molecular weight is 428 g/mol. The van der Waals surface area contributed by atoms with Gasteiger partial charge < -0.3 is 9.15 Å². The predicted octanol–water partition coefficient (Wildman–Crippen LogP) is 5.03. The van der Waals surface area contributed by atoms with Crippen molar-refractivity contribution in [1.29, 1.82) is 0 Å². The smallest absolute Gasteiger partial charge is 0.342 e. The van der Waals surface area contributed by atoms with Gasteiger partial charge in [-0.3, -0.25) is 4.72 Å². The second kappa shape index (κ2) is 7.42. The zero-order chi connectivity index (χ0) is 19.8. The summed E-state index contributed by atoms with van der Waals surface area (Å²) in [5, 5.41) is 0.957. The predicted molar refractivity (Wildman–Crippen MR) is 104 cm³/mol. The Balaban J connectivity index is 2.06. The van der Waals surface area contributed by atoms with Gasteiger partial charge in [0.1, 0.15) is 11.3 Å². The van der Waals surface area contributed by atoms with E-state index in [0.29, 0.717) is 16.2 Å². The molecule has 0 atom stereocenters. The maximum atomic E-state index is 12.6. The molecule has 3 rings (SSSR count). The van der Waals surface area contributed by atoms with Crippen LogP contribution in [0, 0.1) is 6.92 Å². The molecule has 6 nitrogen and oxygen atoms in total. The summed E-state index contributed by atoms with van der Waals surface area (Å²) < 4.78 is 38.2. The number of anilines is 1. The maximum absolute atomic E-state index is 12.6. The lowest BCUT2D eigenvalue weighted by molar-refractivity contribution is 0.0526. The second-order valence-electron chi connectivity index (χ2n) is 5.65. The number of carbonyl (C=O) groups excluding carboxylic acids is 1. The van der Waals surface area contributed by atoms with Crippen LogP contribution in [0.5, 0.6) is 0 Å². The van der Waals surface area contributed by atoms with Crippen molar-refractivity contribution < 1.29 is 22.4 Å². The minimum atomic E-state index is -3.87. The van der Waals surface area contributed by atoms with Gasteiger partial charge in [0.15, 0.2) is 5.58 Å². The van der Waals surface area contributed by atoms with Crippen LogP contribution in [0.1, 0.15) is 23.0 Å². The van der Waals surface area contributed by atoms with E-state index in [4.69, 9.17) is 32.4 Å². The van der Waals surface area contributed by atoms with E-state index in [2.05, 4.69) is 4.72 Å². The molecule has 9 heteroatoms. The number of fused-ring (bicyclic) bond motifs is 1. The van der Waals surface area contributed by atoms with Crippen molar-refractivity contribution in [2.24, 2.45) is 0 Å². The van der Waals surface area contributed by atoms with E-state index in [-0.39, 0.29) is 33.4 Å². The molecule has 1 aromatic heterocycles. The van der Waals surface area contributed by atoms with Gasteiger partial charge in [-0.1, -0.05) is 23.2 Å². The van der Waals surface area contributed by atoms with Gasteiger partial charge in [-0.25, -0.2) is 13.2 Å². The third kappa shape index (κ3) is 3.90. The van der Waals surface area contributed by atoms with Crippen LogP contribution in [0.4, 0.5) is 5.69 Å². The molecule has 0 aliphatic heterocycles. The van der Waals surface area contributed by atoms with Gasteiger partial charge >= 0.3 is 5.97 Å². The fraction of sp³-hybridized carbons (Fsp3) is 0.167. The summed E-state index contributed by atoms with van der Waals surface area (Å²) in [7, 11) is -3.87. The van der Waals surface area contributed by atoms with E-state index in [9.17, 15) is 13.2 Å². The molecule has 27 heavy (non-hydrogen) atoms. The van der Waals surface area contributed by atoms with Crippen molar-refractivity contribution in [3.8, 4) is 0 Å². The standard InChI is InChI=1S/C18H15Cl2NO5S/c1-3-25-18(22)16-10(2)26-17-14(16)8-12(9-15(17)20)21-27(23,24)13-6-4-11(19)5-7-13/h4-9,21H,3H2,1-2H3. The fourth-order valence-electron chi connectivity index (χ4n) is 2.62. The Morgan fingerprint density at radius 2 is 1.85 bits per heavy atom. The Kier molecular flexibility index (Phi) is 5.37. The number of nitrogens with one attached hydrogen (secondary N) is 1. The Bertz CT molecular complexity index is 1120. The largest absolute Gasteiger partial charge is 0.462 e. The quantitative estimate of drug-likeness (QED) is 0.577. The molecular weight excluding hydrogens is 413 g/mol. The first-order valence-electron chi connectivity index (χ1n) is 7.91. The van der Waals surface area contributed by atoms with E-state index < -0.39 is 16.0 Å². The summed E-state index contributed by atoms with van der Waals surface area (Å²) in [5.74, 6) is -0.231. The molecule has 0 aliphatic rings. The topological polar surface area (TPSA) is 85.6 Å². The maximum Gasteiger partial charge on any atom is 0.342 e. The molecule has 1 N–H and O–H groups in total. The van der Waals surface area contributed by atoms with Crippen LogP contribution in [0.25, 0.3) is 11.0 Å². The van der Waals surface area contributed by atoms with Crippen LogP contribution < -0.4 is 4.72 Å². The molecule has 0 saturated heterocycles. The molecule has 0 saturated carbocycles. The second-order valence-corrected chi connectivity index (χ2v) is 8.17. The zero-order valence-electron chi connectivity index (χ0n) is 14.4. The van der Waals surface area contributed by atoms with Gasteiger partial charge in [-0.15, -0.1) is 0 Å². The number of esters is 1.